The van der Waals surface area contributed by atoms with Gasteiger partial charge in [0.2, 0.25) is 21.9 Å². The fraction of sp³-hybridized carbons (Fsp3) is 0.111. The summed E-state index contributed by atoms with van der Waals surface area (Å²) < 4.78 is 29.1. The Morgan fingerprint density at radius 3 is 2.19 bits per heavy atom. The summed E-state index contributed by atoms with van der Waals surface area (Å²) in [6, 6.07) is 20.7. The first kappa shape index (κ1) is 26.6. The van der Waals surface area contributed by atoms with Crippen molar-refractivity contribution in [2.45, 2.75) is 11.8 Å². The molecule has 1 heterocycles. The lowest BCUT2D eigenvalue weighted by Crippen LogP contribution is -2.38. The first-order valence-corrected chi connectivity index (χ1v) is 13.5. The summed E-state index contributed by atoms with van der Waals surface area (Å²) >= 11 is 11.9. The smallest absolute Gasteiger partial charge is 0.243 e. The molecule has 0 saturated carbocycles. The Hall–Kier alpha value is -3.43. The molecule has 0 fully saturated rings. The summed E-state index contributed by atoms with van der Waals surface area (Å²) in [5.74, 6) is -0.303. The Morgan fingerprint density at radius 1 is 1.00 bits per heavy atom. The largest absolute Gasteiger partial charge is 0.294 e. The predicted molar refractivity (Wildman–Crippen MR) is 148 cm³/mol. The number of sulfonamides is 1. The van der Waals surface area contributed by atoms with Gasteiger partial charge in [0.1, 0.15) is 0 Å². The number of anilines is 1. The van der Waals surface area contributed by atoms with Crippen molar-refractivity contribution in [2.24, 2.45) is 0 Å². The molecule has 0 spiro atoms. The molecular weight excluding hydrogens is 531 g/mol. The van der Waals surface area contributed by atoms with Gasteiger partial charge in [-0.1, -0.05) is 59.1 Å². The molecule has 190 valence electrons. The van der Waals surface area contributed by atoms with Crippen LogP contribution < -0.4 is 5.32 Å². The topological polar surface area (TPSA) is 84.3 Å². The van der Waals surface area contributed by atoms with Gasteiger partial charge in [0.05, 0.1) is 17.1 Å². The molecule has 0 unspecified atom stereocenters. The summed E-state index contributed by atoms with van der Waals surface area (Å²) in [6.45, 7) is 5.12. The third kappa shape index (κ3) is 6.29. The maximum absolute atomic E-state index is 13.2. The van der Waals surface area contributed by atoms with E-state index in [4.69, 9.17) is 23.2 Å². The van der Waals surface area contributed by atoms with E-state index in [-0.39, 0.29) is 17.4 Å². The number of carbonyl (C=O) groups is 1. The first-order chi connectivity index (χ1) is 17.7. The molecule has 4 aromatic rings. The van der Waals surface area contributed by atoms with Gasteiger partial charge in [-0.15, -0.1) is 6.58 Å². The summed E-state index contributed by atoms with van der Waals surface area (Å²) in [5, 5.41) is 3.78. The van der Waals surface area contributed by atoms with Gasteiger partial charge in [0, 0.05) is 34.0 Å². The predicted octanol–water partition coefficient (Wildman–Crippen LogP) is 5.97. The SMILES string of the molecule is C=CCN(CC(=O)Nc1nc(-c2ccc(Cl)cc2)cn1-c1ccc(C)cc1)S(=O)(=O)c1ccc(Cl)cc1. The molecule has 37 heavy (non-hydrogen) atoms. The van der Waals surface area contributed by atoms with Crippen LogP contribution in [0.3, 0.4) is 0 Å². The number of carbonyl (C=O) groups excluding carboxylic acids is 1. The number of nitrogens with one attached hydrogen (secondary N) is 1. The van der Waals surface area contributed by atoms with Crippen LogP contribution in [0.2, 0.25) is 10.0 Å². The minimum absolute atomic E-state index is 0.0257. The number of aromatic nitrogens is 2. The van der Waals surface area contributed by atoms with Crippen LogP contribution >= 0.6 is 23.2 Å². The summed E-state index contributed by atoms with van der Waals surface area (Å²) in [6.07, 6.45) is 3.22. The molecule has 3 aromatic carbocycles. The van der Waals surface area contributed by atoms with E-state index in [9.17, 15) is 13.2 Å². The van der Waals surface area contributed by atoms with Crippen LogP contribution in [0, 0.1) is 6.92 Å². The van der Waals surface area contributed by atoms with E-state index < -0.39 is 22.5 Å². The Balaban J connectivity index is 1.64. The maximum atomic E-state index is 13.2. The van der Waals surface area contributed by atoms with E-state index >= 15 is 0 Å². The van der Waals surface area contributed by atoms with Gasteiger partial charge in [-0.3, -0.25) is 14.7 Å². The molecule has 0 aliphatic rings. The highest BCUT2D eigenvalue weighted by Crippen LogP contribution is 2.26. The molecule has 7 nitrogen and oxygen atoms in total. The zero-order valence-corrected chi connectivity index (χ0v) is 22.3. The number of benzene rings is 3. The molecule has 0 atom stereocenters. The molecule has 1 amide bonds. The van der Waals surface area contributed by atoms with Gasteiger partial charge in [-0.05, 0) is 55.5 Å². The molecule has 0 aliphatic carbocycles. The number of amides is 1. The van der Waals surface area contributed by atoms with Crippen LogP contribution in [-0.4, -0.2) is 41.3 Å². The zero-order chi connectivity index (χ0) is 26.6. The molecule has 1 aromatic heterocycles. The number of halogens is 2. The first-order valence-electron chi connectivity index (χ1n) is 11.3. The molecule has 0 aliphatic heterocycles. The average molecular weight is 555 g/mol. The molecule has 10 heteroatoms. The Kier molecular flexibility index (Phi) is 8.14. The maximum Gasteiger partial charge on any atom is 0.243 e. The van der Waals surface area contributed by atoms with Crippen molar-refractivity contribution >= 4 is 45.1 Å². The summed E-state index contributed by atoms with van der Waals surface area (Å²) in [5.41, 5.74) is 3.29. The fourth-order valence-electron chi connectivity index (χ4n) is 3.60. The summed E-state index contributed by atoms with van der Waals surface area (Å²) in [4.78, 5) is 17.8. The molecule has 0 radical (unpaired) electrons. The number of aryl methyl sites for hydroxylation is 1. The highest BCUT2D eigenvalue weighted by molar-refractivity contribution is 7.89. The number of hydrogen-bond acceptors (Lipinski definition) is 4. The Morgan fingerprint density at radius 2 is 1.59 bits per heavy atom. The Labute approximate surface area is 226 Å². The fourth-order valence-corrected chi connectivity index (χ4v) is 5.22. The van der Waals surface area contributed by atoms with E-state index in [0.29, 0.717) is 15.7 Å². The van der Waals surface area contributed by atoms with E-state index in [2.05, 4.69) is 16.9 Å². The lowest BCUT2D eigenvalue weighted by atomic mass is 10.2. The van der Waals surface area contributed by atoms with Crippen molar-refractivity contribution < 1.29 is 13.2 Å². The zero-order valence-electron chi connectivity index (χ0n) is 19.9. The van der Waals surface area contributed by atoms with Gasteiger partial charge < -0.3 is 0 Å². The van der Waals surface area contributed by atoms with Crippen LogP contribution in [0.4, 0.5) is 5.95 Å². The third-order valence-electron chi connectivity index (χ3n) is 5.51. The normalized spacial score (nSPS) is 11.5. The lowest BCUT2D eigenvalue weighted by molar-refractivity contribution is -0.116. The van der Waals surface area contributed by atoms with Crippen LogP contribution in [-0.2, 0) is 14.8 Å². The van der Waals surface area contributed by atoms with E-state index in [1.807, 2.05) is 43.3 Å². The second-order valence-corrected chi connectivity index (χ2v) is 11.1. The molecular formula is C27H24Cl2N4O3S. The van der Waals surface area contributed by atoms with Crippen LogP contribution in [0.25, 0.3) is 16.9 Å². The average Bonchev–Trinajstić information content (AvgIpc) is 3.28. The number of hydrogen-bond donors (Lipinski definition) is 1. The Bertz CT molecular complexity index is 1520. The van der Waals surface area contributed by atoms with E-state index in [1.54, 1.807) is 22.9 Å². The highest BCUT2D eigenvalue weighted by atomic mass is 35.5. The standard InChI is InChI=1S/C27H24Cl2N4O3S/c1-3-16-32(37(35,36)24-14-10-22(29)11-15-24)18-26(34)31-27-30-25(20-6-8-21(28)9-7-20)17-33(27)23-12-4-19(2)5-13-23/h3-15,17H,1,16,18H2,2H3,(H,30,31,34). The van der Waals surface area contributed by atoms with Crippen molar-refractivity contribution in [3.63, 3.8) is 0 Å². The highest BCUT2D eigenvalue weighted by Gasteiger charge is 2.26. The van der Waals surface area contributed by atoms with Crippen LogP contribution in [0.1, 0.15) is 5.56 Å². The van der Waals surface area contributed by atoms with E-state index in [1.165, 1.54) is 30.3 Å². The second kappa shape index (κ2) is 11.3. The second-order valence-electron chi connectivity index (χ2n) is 8.25. The van der Waals surface area contributed by atoms with Crippen molar-refractivity contribution in [2.75, 3.05) is 18.4 Å². The summed E-state index contributed by atoms with van der Waals surface area (Å²) in [7, 11) is -3.97. The van der Waals surface area contributed by atoms with Crippen molar-refractivity contribution in [3.05, 3.63) is 107 Å². The number of imidazole rings is 1. The van der Waals surface area contributed by atoms with Gasteiger partial charge >= 0.3 is 0 Å². The molecule has 4 rings (SSSR count). The molecule has 0 saturated heterocycles. The van der Waals surface area contributed by atoms with Gasteiger partial charge in [-0.25, -0.2) is 13.4 Å². The monoisotopic (exact) mass is 554 g/mol. The van der Waals surface area contributed by atoms with E-state index in [0.717, 1.165) is 21.1 Å². The quantitative estimate of drug-likeness (QED) is 0.258. The van der Waals surface area contributed by atoms with Crippen molar-refractivity contribution in [3.8, 4) is 16.9 Å². The van der Waals surface area contributed by atoms with Crippen LogP contribution in [0.5, 0.6) is 0 Å². The number of rotatable bonds is 9. The molecule has 0 bridgehead atoms. The van der Waals surface area contributed by atoms with Crippen molar-refractivity contribution in [1.29, 1.82) is 0 Å². The third-order valence-corrected chi connectivity index (χ3v) is 7.84. The lowest BCUT2D eigenvalue weighted by Gasteiger charge is -2.20. The van der Waals surface area contributed by atoms with Crippen molar-refractivity contribution in [1.82, 2.24) is 13.9 Å². The van der Waals surface area contributed by atoms with Crippen LogP contribution in [0.15, 0.2) is 96.5 Å². The van der Waals surface area contributed by atoms with Gasteiger partial charge in [0.15, 0.2) is 0 Å². The van der Waals surface area contributed by atoms with Gasteiger partial charge in [0.25, 0.3) is 0 Å². The minimum atomic E-state index is -3.97. The number of nitrogens with zero attached hydrogens (tertiary/aromatic N) is 3. The molecule has 1 N–H and O–H groups in total. The minimum Gasteiger partial charge on any atom is -0.294 e. The van der Waals surface area contributed by atoms with Gasteiger partial charge in [-0.2, -0.15) is 4.31 Å².